The van der Waals surface area contributed by atoms with Gasteiger partial charge in [-0.1, -0.05) is 0 Å². The molecule has 0 spiro atoms. The second kappa shape index (κ2) is 6.49. The van der Waals surface area contributed by atoms with Crippen LogP contribution in [0.25, 0.3) is 0 Å². The molecule has 0 aliphatic rings. The van der Waals surface area contributed by atoms with Gasteiger partial charge in [-0.3, -0.25) is 4.79 Å². The van der Waals surface area contributed by atoms with Gasteiger partial charge in [-0.15, -0.1) is 0 Å². The van der Waals surface area contributed by atoms with Crippen LogP contribution in [-0.2, 0) is 9.59 Å². The summed E-state index contributed by atoms with van der Waals surface area (Å²) < 4.78 is 31.7. The fourth-order valence-corrected chi connectivity index (χ4v) is 0.234. The molecule has 4 N–H and O–H groups in total. The molecule has 0 aromatic carbocycles. The maximum atomic E-state index is 10.6. The monoisotopic (exact) mass is 235 g/mol. The highest BCUT2D eigenvalue weighted by Crippen LogP contribution is 2.13. The molecule has 0 heterocycles. The predicted octanol–water partition coefficient (Wildman–Crippen LogP) is -0.0386. The van der Waals surface area contributed by atoms with Gasteiger partial charge in [-0.05, 0) is 0 Å². The summed E-state index contributed by atoms with van der Waals surface area (Å²) in [7, 11) is 0. The van der Waals surface area contributed by atoms with Gasteiger partial charge < -0.3 is 15.9 Å². The van der Waals surface area contributed by atoms with E-state index in [1.54, 1.807) is 0 Å². The smallest absolute Gasteiger partial charge is 0.480 e. The molecule has 5 nitrogen and oxygen atoms in total. The quantitative estimate of drug-likeness (QED) is 0.503. The molecule has 0 aromatic rings. The molecular formula is C5H8F3NO4S. The molecule has 0 aliphatic carbocycles. The van der Waals surface area contributed by atoms with Crippen LogP contribution in [0.3, 0.4) is 0 Å². The molecule has 0 amide bonds. The number of rotatable bonds is 2. The van der Waals surface area contributed by atoms with Crippen LogP contribution in [0.5, 0.6) is 0 Å². The van der Waals surface area contributed by atoms with Crippen LogP contribution in [0.4, 0.5) is 13.2 Å². The van der Waals surface area contributed by atoms with E-state index in [0.717, 1.165) is 0 Å². The first-order chi connectivity index (χ1) is 6.12. The van der Waals surface area contributed by atoms with E-state index in [-0.39, 0.29) is 5.75 Å². The van der Waals surface area contributed by atoms with Crippen LogP contribution in [-0.4, -0.2) is 40.1 Å². The van der Waals surface area contributed by atoms with Crippen molar-refractivity contribution in [1.82, 2.24) is 0 Å². The highest BCUT2D eigenvalue weighted by molar-refractivity contribution is 7.80. The zero-order chi connectivity index (χ0) is 11.9. The van der Waals surface area contributed by atoms with Crippen molar-refractivity contribution in [2.45, 2.75) is 12.2 Å². The highest BCUT2D eigenvalue weighted by Gasteiger charge is 2.38. The van der Waals surface area contributed by atoms with E-state index in [2.05, 4.69) is 12.6 Å². The molecule has 14 heavy (non-hydrogen) atoms. The second-order valence-corrected chi connectivity index (χ2v) is 2.30. The Morgan fingerprint density at radius 2 is 1.64 bits per heavy atom. The largest absolute Gasteiger partial charge is 0.490 e. The molecular weight excluding hydrogens is 227 g/mol. The molecule has 0 fully saturated rings. The van der Waals surface area contributed by atoms with Crippen LogP contribution in [0, 0.1) is 0 Å². The second-order valence-electron chi connectivity index (χ2n) is 1.93. The van der Waals surface area contributed by atoms with E-state index in [4.69, 9.17) is 20.7 Å². The molecule has 0 radical (unpaired) electrons. The molecule has 9 heteroatoms. The number of hydrogen-bond donors (Lipinski definition) is 4. The summed E-state index contributed by atoms with van der Waals surface area (Å²) in [4.78, 5) is 18.7. The van der Waals surface area contributed by atoms with E-state index < -0.39 is 24.2 Å². The molecule has 0 bridgehead atoms. The van der Waals surface area contributed by atoms with Gasteiger partial charge >= 0.3 is 18.1 Å². The lowest BCUT2D eigenvalue weighted by atomic mass is 10.4. The average Bonchev–Trinajstić information content (AvgIpc) is 2.02. The van der Waals surface area contributed by atoms with E-state index in [1.165, 1.54) is 0 Å². The minimum absolute atomic E-state index is 0.190. The van der Waals surface area contributed by atoms with Gasteiger partial charge in [0.15, 0.2) is 0 Å². The number of halogens is 3. The molecule has 0 saturated carbocycles. The van der Waals surface area contributed by atoms with Crippen LogP contribution in [0.2, 0.25) is 0 Å². The third kappa shape index (κ3) is 9.13. The van der Waals surface area contributed by atoms with Gasteiger partial charge in [-0.2, -0.15) is 25.8 Å². The molecule has 0 rings (SSSR count). The Labute approximate surface area is 82.1 Å². The Hall–Kier alpha value is -0.960. The SMILES string of the molecule is NC(CS)C(=O)O.O=C(O)C(F)(F)F. The maximum absolute atomic E-state index is 10.6. The lowest BCUT2D eigenvalue weighted by Gasteiger charge is -1.96. The lowest BCUT2D eigenvalue weighted by Crippen LogP contribution is -2.31. The van der Waals surface area contributed by atoms with E-state index in [9.17, 15) is 18.0 Å². The maximum Gasteiger partial charge on any atom is 0.490 e. The summed E-state index contributed by atoms with van der Waals surface area (Å²) in [6, 6.07) is -0.816. The van der Waals surface area contributed by atoms with Gasteiger partial charge in [-0.25, -0.2) is 4.79 Å². The Morgan fingerprint density at radius 1 is 1.36 bits per heavy atom. The zero-order valence-electron chi connectivity index (χ0n) is 6.65. The molecule has 1 atom stereocenters. The third-order valence-corrected chi connectivity index (χ3v) is 1.15. The number of carboxylic acid groups (broad SMARTS) is 2. The van der Waals surface area contributed by atoms with E-state index >= 15 is 0 Å². The van der Waals surface area contributed by atoms with Gasteiger partial charge in [0.1, 0.15) is 6.04 Å². The van der Waals surface area contributed by atoms with Crippen LogP contribution in [0.15, 0.2) is 0 Å². The summed E-state index contributed by atoms with van der Waals surface area (Å²) in [6.45, 7) is 0. The topological polar surface area (TPSA) is 101 Å². The van der Waals surface area contributed by atoms with Crippen molar-refractivity contribution in [1.29, 1.82) is 0 Å². The number of nitrogens with two attached hydrogens (primary N) is 1. The van der Waals surface area contributed by atoms with Crippen molar-refractivity contribution in [2.24, 2.45) is 5.73 Å². The van der Waals surface area contributed by atoms with Crippen molar-refractivity contribution in [2.75, 3.05) is 5.75 Å². The summed E-state index contributed by atoms with van der Waals surface area (Å²) >= 11 is 3.65. The number of alkyl halides is 3. The summed E-state index contributed by atoms with van der Waals surface area (Å²) in [5.41, 5.74) is 4.94. The molecule has 84 valence electrons. The van der Waals surface area contributed by atoms with E-state index in [1.807, 2.05) is 0 Å². The minimum Gasteiger partial charge on any atom is -0.480 e. The van der Waals surface area contributed by atoms with Crippen molar-refractivity contribution in [3.05, 3.63) is 0 Å². The molecule has 0 saturated heterocycles. The number of carbonyl (C=O) groups is 2. The Balaban J connectivity index is 0. The molecule has 0 aliphatic heterocycles. The van der Waals surface area contributed by atoms with Crippen LogP contribution >= 0.6 is 12.6 Å². The standard InChI is InChI=1S/C3H7NO2S.C2HF3O2/c4-2(1-7)3(5)6;3-2(4,5)1(6)7/h2,7H,1,4H2,(H,5,6);(H,6,7). The Kier molecular flexibility index (Phi) is 7.19. The minimum atomic E-state index is -5.08. The van der Waals surface area contributed by atoms with Crippen molar-refractivity contribution in [3.8, 4) is 0 Å². The van der Waals surface area contributed by atoms with Crippen molar-refractivity contribution < 1.29 is 33.0 Å². The summed E-state index contributed by atoms with van der Waals surface area (Å²) in [5, 5.41) is 15.1. The number of aliphatic carboxylic acids is 2. The van der Waals surface area contributed by atoms with Gasteiger partial charge in [0.05, 0.1) is 0 Å². The number of carboxylic acids is 2. The lowest BCUT2D eigenvalue weighted by molar-refractivity contribution is -0.192. The van der Waals surface area contributed by atoms with E-state index in [0.29, 0.717) is 0 Å². The third-order valence-electron chi connectivity index (χ3n) is 0.756. The summed E-state index contributed by atoms with van der Waals surface area (Å²) in [5.74, 6) is -3.57. The molecule has 0 aromatic heterocycles. The van der Waals surface area contributed by atoms with Crippen molar-refractivity contribution in [3.63, 3.8) is 0 Å². The Bertz CT molecular complexity index is 208. The van der Waals surface area contributed by atoms with Gasteiger partial charge in [0.25, 0.3) is 0 Å². The molecule has 1 unspecified atom stereocenters. The number of hydrogen-bond acceptors (Lipinski definition) is 4. The zero-order valence-corrected chi connectivity index (χ0v) is 7.55. The highest BCUT2D eigenvalue weighted by atomic mass is 32.1. The normalized spacial score (nSPS) is 12.4. The fourth-order valence-electron chi connectivity index (χ4n) is 0.0781. The first kappa shape index (κ1) is 15.5. The number of thiol groups is 1. The summed E-state index contributed by atoms with van der Waals surface area (Å²) in [6.07, 6.45) is -5.08. The van der Waals surface area contributed by atoms with Gasteiger partial charge in [0.2, 0.25) is 0 Å². The average molecular weight is 235 g/mol. The van der Waals surface area contributed by atoms with Crippen LogP contribution in [0.1, 0.15) is 0 Å². The first-order valence-electron chi connectivity index (χ1n) is 3.02. The Morgan fingerprint density at radius 3 is 1.64 bits per heavy atom. The van der Waals surface area contributed by atoms with Gasteiger partial charge in [0, 0.05) is 5.75 Å². The first-order valence-corrected chi connectivity index (χ1v) is 3.65. The van der Waals surface area contributed by atoms with Crippen LogP contribution < -0.4 is 5.73 Å². The fraction of sp³-hybridized carbons (Fsp3) is 0.600. The van der Waals surface area contributed by atoms with Crippen molar-refractivity contribution >= 4 is 24.6 Å². The predicted molar refractivity (Wildman–Crippen MR) is 43.2 cm³/mol.